The minimum Gasteiger partial charge on any atom is -0.494 e. The fraction of sp³-hybridized carbons (Fsp3) is 0.105. The van der Waals surface area contributed by atoms with Gasteiger partial charge in [0.25, 0.3) is 11.8 Å². The summed E-state index contributed by atoms with van der Waals surface area (Å²) in [4.78, 5) is 38.0. The van der Waals surface area contributed by atoms with Gasteiger partial charge in [0.2, 0.25) is 0 Å². The highest BCUT2D eigenvalue weighted by atomic mass is 79.9. The number of hydrogen-bond acceptors (Lipinski definition) is 4. The topological polar surface area (TPSA) is 75.7 Å². The number of imide groups is 2. The maximum absolute atomic E-state index is 12.7. The number of urea groups is 1. The summed E-state index contributed by atoms with van der Waals surface area (Å²) < 4.78 is 6.18. The second-order valence-electron chi connectivity index (χ2n) is 5.44. The number of anilines is 1. The van der Waals surface area contributed by atoms with Crippen LogP contribution < -0.4 is 15.0 Å². The van der Waals surface area contributed by atoms with Crippen LogP contribution >= 0.6 is 15.9 Å². The highest BCUT2D eigenvalue weighted by molar-refractivity contribution is 9.10. The maximum atomic E-state index is 12.7. The Hall–Kier alpha value is -2.93. The van der Waals surface area contributed by atoms with Crippen molar-refractivity contribution in [3.63, 3.8) is 0 Å². The molecule has 6 nitrogen and oxygen atoms in total. The third kappa shape index (κ3) is 3.67. The number of benzene rings is 2. The molecule has 2 aromatic carbocycles. The van der Waals surface area contributed by atoms with E-state index in [1.54, 1.807) is 48.5 Å². The zero-order chi connectivity index (χ0) is 18.7. The van der Waals surface area contributed by atoms with E-state index >= 15 is 0 Å². The molecular weight excluding hydrogens is 400 g/mol. The van der Waals surface area contributed by atoms with Crippen LogP contribution in [0.3, 0.4) is 0 Å². The van der Waals surface area contributed by atoms with Gasteiger partial charge in [-0.1, -0.05) is 28.1 Å². The van der Waals surface area contributed by atoms with Crippen LogP contribution in [-0.2, 0) is 9.59 Å². The van der Waals surface area contributed by atoms with Crippen LogP contribution in [-0.4, -0.2) is 24.5 Å². The van der Waals surface area contributed by atoms with Gasteiger partial charge in [0.15, 0.2) is 0 Å². The van der Waals surface area contributed by atoms with Crippen molar-refractivity contribution in [2.45, 2.75) is 6.92 Å². The molecule has 4 amide bonds. The Morgan fingerprint density at radius 1 is 1.04 bits per heavy atom. The number of carbonyl (C=O) groups is 3. The maximum Gasteiger partial charge on any atom is 0.335 e. The summed E-state index contributed by atoms with van der Waals surface area (Å²) >= 11 is 3.30. The third-order valence-corrected chi connectivity index (χ3v) is 4.22. The molecule has 3 rings (SSSR count). The Kier molecular flexibility index (Phi) is 5.18. The number of barbiturate groups is 1. The molecule has 1 fully saturated rings. The predicted molar refractivity (Wildman–Crippen MR) is 101 cm³/mol. The van der Waals surface area contributed by atoms with Gasteiger partial charge in [-0.15, -0.1) is 0 Å². The Balaban J connectivity index is 1.93. The number of nitrogens with one attached hydrogen (secondary N) is 1. The average molecular weight is 415 g/mol. The third-order valence-electron chi connectivity index (χ3n) is 3.69. The summed E-state index contributed by atoms with van der Waals surface area (Å²) in [5.41, 5.74) is 0.912. The van der Waals surface area contributed by atoms with E-state index in [-0.39, 0.29) is 5.57 Å². The second kappa shape index (κ2) is 7.53. The molecule has 132 valence electrons. The molecule has 26 heavy (non-hydrogen) atoms. The molecule has 1 saturated heterocycles. The zero-order valence-corrected chi connectivity index (χ0v) is 15.4. The molecule has 2 aromatic rings. The molecule has 0 unspecified atom stereocenters. The summed E-state index contributed by atoms with van der Waals surface area (Å²) in [5.74, 6) is -0.696. The standard InChI is InChI=1S/C19H15BrN2O4/c1-2-26-15-9-3-12(4-10-15)11-16-17(23)21-19(25)22(18(16)24)14-7-5-13(20)6-8-14/h3-11H,2H2,1H3,(H,21,23,25)/b16-11-. The van der Waals surface area contributed by atoms with Gasteiger partial charge in [0, 0.05) is 4.47 Å². The van der Waals surface area contributed by atoms with Crippen molar-refractivity contribution in [2.24, 2.45) is 0 Å². The van der Waals surface area contributed by atoms with Gasteiger partial charge in [-0.05, 0) is 55.0 Å². The lowest BCUT2D eigenvalue weighted by Gasteiger charge is -2.26. The molecule has 0 aromatic heterocycles. The molecule has 0 saturated carbocycles. The minimum absolute atomic E-state index is 0.114. The first-order valence-electron chi connectivity index (χ1n) is 7.89. The zero-order valence-electron chi connectivity index (χ0n) is 13.9. The highest BCUT2D eigenvalue weighted by Crippen LogP contribution is 2.24. The summed E-state index contributed by atoms with van der Waals surface area (Å²) in [7, 11) is 0. The SMILES string of the molecule is CCOc1ccc(/C=C2/C(=O)NC(=O)N(c3ccc(Br)cc3)C2=O)cc1. The molecule has 7 heteroatoms. The van der Waals surface area contributed by atoms with E-state index < -0.39 is 17.8 Å². The van der Waals surface area contributed by atoms with Crippen molar-refractivity contribution >= 4 is 45.5 Å². The monoisotopic (exact) mass is 414 g/mol. The summed E-state index contributed by atoms with van der Waals surface area (Å²) in [6, 6.07) is 12.9. The van der Waals surface area contributed by atoms with Gasteiger partial charge in [0.05, 0.1) is 12.3 Å². The van der Waals surface area contributed by atoms with Crippen LogP contribution in [0.5, 0.6) is 5.75 Å². The predicted octanol–water partition coefficient (Wildman–Crippen LogP) is 3.51. The van der Waals surface area contributed by atoms with Crippen LogP contribution in [0.25, 0.3) is 6.08 Å². The average Bonchev–Trinajstić information content (AvgIpc) is 2.62. The molecule has 0 atom stereocenters. The van der Waals surface area contributed by atoms with Crippen LogP contribution in [0, 0.1) is 0 Å². The van der Waals surface area contributed by atoms with Crippen molar-refractivity contribution in [3.8, 4) is 5.75 Å². The molecule has 0 bridgehead atoms. The van der Waals surface area contributed by atoms with Gasteiger partial charge in [0.1, 0.15) is 11.3 Å². The van der Waals surface area contributed by atoms with E-state index in [9.17, 15) is 14.4 Å². The summed E-state index contributed by atoms with van der Waals surface area (Å²) in [6.07, 6.45) is 1.45. The van der Waals surface area contributed by atoms with Crippen LogP contribution in [0.15, 0.2) is 58.6 Å². The van der Waals surface area contributed by atoms with Crippen LogP contribution in [0.1, 0.15) is 12.5 Å². The second-order valence-corrected chi connectivity index (χ2v) is 6.35. The fourth-order valence-electron chi connectivity index (χ4n) is 2.48. The summed E-state index contributed by atoms with van der Waals surface area (Å²) in [5, 5.41) is 2.20. The number of amides is 4. The molecule has 1 heterocycles. The number of ether oxygens (including phenoxy) is 1. The van der Waals surface area contributed by atoms with Crippen molar-refractivity contribution in [1.29, 1.82) is 0 Å². The highest BCUT2D eigenvalue weighted by Gasteiger charge is 2.36. The van der Waals surface area contributed by atoms with Crippen molar-refractivity contribution in [2.75, 3.05) is 11.5 Å². The fourth-order valence-corrected chi connectivity index (χ4v) is 2.74. The summed E-state index contributed by atoms with van der Waals surface area (Å²) in [6.45, 7) is 2.43. The Bertz CT molecular complexity index is 889. The van der Waals surface area contributed by atoms with E-state index in [2.05, 4.69) is 21.2 Å². The van der Waals surface area contributed by atoms with Crippen molar-refractivity contribution in [1.82, 2.24) is 5.32 Å². The van der Waals surface area contributed by atoms with Gasteiger partial charge >= 0.3 is 6.03 Å². The number of rotatable bonds is 4. The number of hydrogen-bond donors (Lipinski definition) is 1. The van der Waals surface area contributed by atoms with E-state index in [1.165, 1.54) is 6.08 Å². The van der Waals surface area contributed by atoms with Gasteiger partial charge < -0.3 is 4.74 Å². The van der Waals surface area contributed by atoms with Gasteiger partial charge in [-0.2, -0.15) is 0 Å². The molecule has 0 spiro atoms. The van der Waals surface area contributed by atoms with Crippen molar-refractivity contribution in [3.05, 3.63) is 64.1 Å². The molecule has 1 N–H and O–H groups in total. The van der Waals surface area contributed by atoms with E-state index in [1.807, 2.05) is 6.92 Å². The largest absolute Gasteiger partial charge is 0.494 e. The Morgan fingerprint density at radius 2 is 1.69 bits per heavy atom. The smallest absolute Gasteiger partial charge is 0.335 e. The minimum atomic E-state index is -0.772. The number of nitrogens with zero attached hydrogens (tertiary/aromatic N) is 1. The molecule has 1 aliphatic rings. The van der Waals surface area contributed by atoms with Crippen molar-refractivity contribution < 1.29 is 19.1 Å². The van der Waals surface area contributed by atoms with E-state index in [4.69, 9.17) is 4.74 Å². The Labute approximate surface area is 158 Å². The number of carbonyl (C=O) groups excluding carboxylic acids is 3. The quantitative estimate of drug-likeness (QED) is 0.613. The normalized spacial score (nSPS) is 16.0. The van der Waals surface area contributed by atoms with Crippen LogP contribution in [0.4, 0.5) is 10.5 Å². The Morgan fingerprint density at radius 3 is 2.31 bits per heavy atom. The first-order chi connectivity index (χ1) is 12.5. The van der Waals surface area contributed by atoms with Crippen LogP contribution in [0.2, 0.25) is 0 Å². The molecular formula is C19H15BrN2O4. The van der Waals surface area contributed by atoms with Gasteiger partial charge in [-0.3, -0.25) is 14.9 Å². The molecule has 1 aliphatic heterocycles. The first-order valence-corrected chi connectivity index (χ1v) is 8.69. The van der Waals surface area contributed by atoms with Gasteiger partial charge in [-0.25, -0.2) is 9.69 Å². The van der Waals surface area contributed by atoms with E-state index in [0.717, 1.165) is 9.37 Å². The first kappa shape index (κ1) is 17.9. The lowest BCUT2D eigenvalue weighted by atomic mass is 10.1. The molecule has 0 radical (unpaired) electrons. The van der Waals surface area contributed by atoms with E-state index in [0.29, 0.717) is 23.6 Å². The lowest BCUT2D eigenvalue weighted by Crippen LogP contribution is -2.54. The number of halogens is 1. The lowest BCUT2D eigenvalue weighted by molar-refractivity contribution is -0.122. The molecule has 0 aliphatic carbocycles.